The Balaban J connectivity index is 2.20. The summed E-state index contributed by atoms with van der Waals surface area (Å²) in [5, 5.41) is 1.95. The van der Waals surface area contributed by atoms with Gasteiger partial charge >= 0.3 is 0 Å². The lowest BCUT2D eigenvalue weighted by Gasteiger charge is -2.21. The van der Waals surface area contributed by atoms with Crippen molar-refractivity contribution < 1.29 is 14.3 Å². The van der Waals surface area contributed by atoms with E-state index in [9.17, 15) is 4.79 Å². The van der Waals surface area contributed by atoms with Gasteiger partial charge < -0.3 is 14.4 Å². The Kier molecular flexibility index (Phi) is 5.44. The van der Waals surface area contributed by atoms with Crippen LogP contribution in [-0.4, -0.2) is 31.6 Å². The van der Waals surface area contributed by atoms with E-state index < -0.39 is 0 Å². The fourth-order valence-electron chi connectivity index (χ4n) is 2.26. The van der Waals surface area contributed by atoms with E-state index in [1.165, 1.54) is 11.3 Å². The Hall–Kier alpha value is -2.01. The zero-order chi connectivity index (χ0) is 16.1. The van der Waals surface area contributed by atoms with Crippen molar-refractivity contribution in [2.75, 3.05) is 20.8 Å². The van der Waals surface area contributed by atoms with Crippen LogP contribution in [0.3, 0.4) is 0 Å². The summed E-state index contributed by atoms with van der Waals surface area (Å²) in [6.07, 6.45) is 0. The number of ether oxygens (including phenoxy) is 2. The lowest BCUT2D eigenvalue weighted by Crippen LogP contribution is -2.30. The molecule has 1 amide bonds. The highest BCUT2D eigenvalue weighted by Crippen LogP contribution is 2.28. The molecule has 2 aromatic rings. The Morgan fingerprint density at radius 1 is 1.18 bits per heavy atom. The molecule has 0 fully saturated rings. The van der Waals surface area contributed by atoms with Gasteiger partial charge in [-0.1, -0.05) is 6.07 Å². The molecule has 0 unspecified atom stereocenters. The third-order valence-corrected chi connectivity index (χ3v) is 4.55. The highest BCUT2D eigenvalue weighted by Gasteiger charge is 2.18. The fourth-order valence-corrected chi connectivity index (χ4v) is 3.15. The van der Waals surface area contributed by atoms with Gasteiger partial charge in [0.05, 0.1) is 19.1 Å². The summed E-state index contributed by atoms with van der Waals surface area (Å²) in [6.45, 7) is 5.16. The maximum Gasteiger partial charge on any atom is 0.264 e. The molecule has 0 aliphatic rings. The van der Waals surface area contributed by atoms with E-state index >= 15 is 0 Å². The van der Waals surface area contributed by atoms with Crippen LogP contribution >= 0.6 is 11.3 Å². The number of rotatable bonds is 6. The van der Waals surface area contributed by atoms with E-state index in [1.54, 1.807) is 14.2 Å². The Morgan fingerprint density at radius 3 is 2.45 bits per heavy atom. The van der Waals surface area contributed by atoms with Gasteiger partial charge in [-0.15, -0.1) is 11.3 Å². The summed E-state index contributed by atoms with van der Waals surface area (Å²) in [4.78, 5) is 15.3. The van der Waals surface area contributed by atoms with Crippen molar-refractivity contribution in [2.24, 2.45) is 0 Å². The number of carbonyl (C=O) groups excluding carboxylic acids is 1. The van der Waals surface area contributed by atoms with Crippen LogP contribution in [0.4, 0.5) is 0 Å². The number of nitrogens with zero attached hydrogens (tertiary/aromatic N) is 1. The lowest BCUT2D eigenvalue weighted by molar-refractivity contribution is 0.0756. The minimum absolute atomic E-state index is 0.0739. The first-order valence-electron chi connectivity index (χ1n) is 7.15. The number of aryl methyl sites for hydroxylation is 1. The first kappa shape index (κ1) is 16.4. The molecule has 0 atom stereocenters. The quantitative estimate of drug-likeness (QED) is 0.814. The number of hydrogen-bond acceptors (Lipinski definition) is 4. The largest absolute Gasteiger partial charge is 0.493 e. The minimum atomic E-state index is 0.0739. The summed E-state index contributed by atoms with van der Waals surface area (Å²) in [5.74, 6) is 1.44. The molecule has 1 aromatic heterocycles. The van der Waals surface area contributed by atoms with Gasteiger partial charge in [0.2, 0.25) is 0 Å². The number of thiophene rings is 1. The van der Waals surface area contributed by atoms with Gasteiger partial charge in [0.1, 0.15) is 0 Å². The summed E-state index contributed by atoms with van der Waals surface area (Å²) in [6, 6.07) is 7.71. The number of benzene rings is 1. The number of amides is 1. The molecule has 118 valence electrons. The maximum absolute atomic E-state index is 12.6. The smallest absolute Gasteiger partial charge is 0.264 e. The molecule has 0 bridgehead atoms. The first-order valence-corrected chi connectivity index (χ1v) is 8.03. The predicted octanol–water partition coefficient (Wildman–Crippen LogP) is 3.74. The Morgan fingerprint density at radius 2 is 1.91 bits per heavy atom. The molecule has 0 saturated carbocycles. The van der Waals surface area contributed by atoms with Crippen LogP contribution in [0, 0.1) is 6.92 Å². The van der Waals surface area contributed by atoms with Crippen LogP contribution in [0.25, 0.3) is 0 Å². The van der Waals surface area contributed by atoms with Crippen molar-refractivity contribution in [3.05, 3.63) is 45.6 Å². The van der Waals surface area contributed by atoms with Gasteiger partial charge in [0.25, 0.3) is 5.91 Å². The molecular weight excluding hydrogens is 298 g/mol. The third kappa shape index (κ3) is 3.42. The molecule has 0 spiro atoms. The monoisotopic (exact) mass is 319 g/mol. The molecule has 4 nitrogen and oxygen atoms in total. The van der Waals surface area contributed by atoms with Crippen LogP contribution in [-0.2, 0) is 6.54 Å². The Labute approximate surface area is 135 Å². The molecule has 22 heavy (non-hydrogen) atoms. The van der Waals surface area contributed by atoms with E-state index in [-0.39, 0.29) is 5.91 Å². The highest BCUT2D eigenvalue weighted by atomic mass is 32.1. The van der Waals surface area contributed by atoms with Crippen molar-refractivity contribution in [1.29, 1.82) is 0 Å². The van der Waals surface area contributed by atoms with Crippen molar-refractivity contribution >= 4 is 17.2 Å². The third-order valence-electron chi connectivity index (χ3n) is 3.55. The topological polar surface area (TPSA) is 38.8 Å². The highest BCUT2D eigenvalue weighted by molar-refractivity contribution is 7.12. The molecular formula is C17H21NO3S. The number of methoxy groups -OCH3 is 2. The van der Waals surface area contributed by atoms with E-state index in [0.717, 1.165) is 16.0 Å². The van der Waals surface area contributed by atoms with E-state index in [0.29, 0.717) is 24.6 Å². The second-order valence-corrected chi connectivity index (χ2v) is 5.86. The van der Waals surface area contributed by atoms with Crippen molar-refractivity contribution in [3.63, 3.8) is 0 Å². The van der Waals surface area contributed by atoms with Crippen molar-refractivity contribution in [2.45, 2.75) is 20.4 Å². The average molecular weight is 319 g/mol. The van der Waals surface area contributed by atoms with Crippen molar-refractivity contribution in [1.82, 2.24) is 4.90 Å². The number of hydrogen-bond donors (Lipinski definition) is 0. The molecule has 1 heterocycles. The van der Waals surface area contributed by atoms with Crippen LogP contribution in [0.15, 0.2) is 29.6 Å². The summed E-state index contributed by atoms with van der Waals surface area (Å²) >= 11 is 1.49. The number of carbonyl (C=O) groups is 1. The van der Waals surface area contributed by atoms with Gasteiger partial charge in [0.15, 0.2) is 11.5 Å². The predicted molar refractivity (Wildman–Crippen MR) is 89.0 cm³/mol. The molecule has 2 rings (SSSR count). The Bertz CT molecular complexity index is 651. The summed E-state index contributed by atoms with van der Waals surface area (Å²) in [7, 11) is 3.22. The van der Waals surface area contributed by atoms with Crippen LogP contribution in [0.1, 0.15) is 27.7 Å². The van der Waals surface area contributed by atoms with Crippen LogP contribution in [0.2, 0.25) is 0 Å². The molecule has 1 aromatic carbocycles. The van der Waals surface area contributed by atoms with E-state index in [4.69, 9.17) is 9.47 Å². The van der Waals surface area contributed by atoms with E-state index in [1.807, 2.05) is 48.4 Å². The SMILES string of the molecule is CCN(Cc1ccc(OC)c(OC)c1)C(=O)c1sccc1C. The van der Waals surface area contributed by atoms with Gasteiger partial charge in [-0.05, 0) is 48.6 Å². The normalized spacial score (nSPS) is 10.4. The average Bonchev–Trinajstić information content (AvgIpc) is 2.97. The second kappa shape index (κ2) is 7.31. The van der Waals surface area contributed by atoms with E-state index in [2.05, 4.69) is 0 Å². The molecule has 0 aliphatic carbocycles. The zero-order valence-corrected chi connectivity index (χ0v) is 14.2. The summed E-state index contributed by atoms with van der Waals surface area (Å²) < 4.78 is 10.6. The first-order chi connectivity index (χ1) is 10.6. The summed E-state index contributed by atoms with van der Waals surface area (Å²) in [5.41, 5.74) is 2.04. The van der Waals surface area contributed by atoms with Gasteiger partial charge in [0, 0.05) is 13.1 Å². The van der Waals surface area contributed by atoms with Gasteiger partial charge in [-0.3, -0.25) is 4.79 Å². The van der Waals surface area contributed by atoms with Crippen LogP contribution in [0.5, 0.6) is 11.5 Å². The van der Waals surface area contributed by atoms with Crippen LogP contribution < -0.4 is 9.47 Å². The van der Waals surface area contributed by atoms with Gasteiger partial charge in [-0.2, -0.15) is 0 Å². The second-order valence-electron chi connectivity index (χ2n) is 4.94. The molecule has 0 aliphatic heterocycles. The maximum atomic E-state index is 12.6. The fraction of sp³-hybridized carbons (Fsp3) is 0.353. The standard InChI is InChI=1S/C17H21NO3S/c1-5-18(17(19)16-12(2)8-9-22-16)11-13-6-7-14(20-3)15(10-13)21-4/h6-10H,5,11H2,1-4H3. The molecule has 5 heteroatoms. The molecule has 0 N–H and O–H groups in total. The molecule has 0 radical (unpaired) electrons. The lowest BCUT2D eigenvalue weighted by atomic mass is 10.1. The minimum Gasteiger partial charge on any atom is -0.493 e. The zero-order valence-electron chi connectivity index (χ0n) is 13.4. The van der Waals surface area contributed by atoms with Gasteiger partial charge in [-0.25, -0.2) is 0 Å². The van der Waals surface area contributed by atoms with Crippen molar-refractivity contribution in [3.8, 4) is 11.5 Å². The molecule has 0 saturated heterocycles.